The smallest absolute Gasteiger partial charge is 0.416 e. The van der Waals surface area contributed by atoms with Gasteiger partial charge in [0, 0.05) is 23.8 Å². The quantitative estimate of drug-likeness (QED) is 0.356. The van der Waals surface area contributed by atoms with E-state index in [0.29, 0.717) is 5.56 Å². The number of anilines is 1. The average Bonchev–Trinajstić information content (AvgIpc) is 3.13. The van der Waals surface area contributed by atoms with Crippen LogP contribution in [0.2, 0.25) is 5.02 Å². The highest BCUT2D eigenvalue weighted by atomic mass is 35.5. The van der Waals surface area contributed by atoms with E-state index in [9.17, 15) is 49.4 Å². The fraction of sp³-hybridized carbons (Fsp3) is 0.480. The highest BCUT2D eigenvalue weighted by molar-refractivity contribution is 6.31. The maximum absolute atomic E-state index is 14.5. The summed E-state index contributed by atoms with van der Waals surface area (Å²) in [5.74, 6) is 0. The summed E-state index contributed by atoms with van der Waals surface area (Å²) >= 11 is 6.22. The lowest BCUT2D eigenvalue weighted by Crippen LogP contribution is -2.52. The van der Waals surface area contributed by atoms with Crippen LogP contribution in [0.25, 0.3) is 0 Å². The van der Waals surface area contributed by atoms with Gasteiger partial charge in [0.25, 0.3) is 0 Å². The van der Waals surface area contributed by atoms with Gasteiger partial charge in [-0.15, -0.1) is 0 Å². The van der Waals surface area contributed by atoms with Gasteiger partial charge in [0.2, 0.25) is 0 Å². The number of alkyl halides is 9. The first kappa shape index (κ1) is 31.7. The largest absolute Gasteiger partial charge is 0.444 e. The van der Waals surface area contributed by atoms with Crippen LogP contribution in [-0.4, -0.2) is 35.7 Å². The molecule has 0 spiro atoms. The summed E-state index contributed by atoms with van der Waals surface area (Å²) in [6.07, 6.45) is -20.6. The maximum Gasteiger partial charge on any atom is 0.416 e. The van der Waals surface area contributed by atoms with Crippen molar-refractivity contribution in [1.82, 2.24) is 5.32 Å². The molecule has 2 unspecified atom stereocenters. The molecular weight excluding hydrogens is 583 g/mol. The van der Waals surface area contributed by atoms with Crippen molar-refractivity contribution in [3.05, 3.63) is 63.7 Å². The molecule has 5 nitrogen and oxygen atoms in total. The number of rotatable bonds is 4. The van der Waals surface area contributed by atoms with Crippen molar-refractivity contribution in [3.8, 4) is 0 Å². The van der Waals surface area contributed by atoms with Crippen LogP contribution in [0.15, 0.2) is 36.4 Å². The van der Waals surface area contributed by atoms with Crippen LogP contribution in [0.4, 0.5) is 50.0 Å². The fourth-order valence-corrected chi connectivity index (χ4v) is 4.62. The monoisotopic (exact) mass is 606 g/mol. The van der Waals surface area contributed by atoms with Crippen molar-refractivity contribution >= 4 is 23.4 Å². The molecule has 2 aromatic rings. The van der Waals surface area contributed by atoms with Gasteiger partial charge in [-0.05, 0) is 68.7 Å². The minimum absolute atomic E-state index is 0.0200. The van der Waals surface area contributed by atoms with Gasteiger partial charge >= 0.3 is 24.6 Å². The molecule has 0 saturated carbocycles. The van der Waals surface area contributed by atoms with E-state index in [2.05, 4.69) is 5.32 Å². The van der Waals surface area contributed by atoms with Gasteiger partial charge in [0.05, 0.1) is 11.1 Å². The molecule has 40 heavy (non-hydrogen) atoms. The molecule has 222 valence electrons. The molecule has 0 aliphatic carbocycles. The zero-order chi connectivity index (χ0) is 30.5. The number of amides is 1. The molecule has 2 aromatic carbocycles. The first-order chi connectivity index (χ1) is 18.1. The predicted molar refractivity (Wildman–Crippen MR) is 127 cm³/mol. The molecule has 1 saturated heterocycles. The van der Waals surface area contributed by atoms with Crippen LogP contribution in [0.1, 0.15) is 49.4 Å². The molecular formula is C25H24ClF9N2O3. The van der Waals surface area contributed by atoms with Gasteiger partial charge in [-0.1, -0.05) is 17.7 Å². The topological polar surface area (TPSA) is 61.8 Å². The maximum atomic E-state index is 14.5. The van der Waals surface area contributed by atoms with E-state index in [4.69, 9.17) is 16.3 Å². The standard InChI is InChI=1S/C25H24ClF9N2O3/c1-21(2,3)40-20(39)36-12-13-4-5-17(11-18(13)26)37-7-6-22(19(37)38,25(33,34)35)14-8-15(23(27,28)29)10-16(9-14)24(30,31)32/h4-5,8-11,19,38H,6-7,12H2,1-3H3,(H,36,39). The zero-order valence-corrected chi connectivity index (χ0v) is 21.9. The van der Waals surface area contributed by atoms with E-state index < -0.39 is 71.5 Å². The summed E-state index contributed by atoms with van der Waals surface area (Å²) in [5, 5.41) is 13.3. The molecule has 1 fully saturated rings. The number of hydrogen-bond donors (Lipinski definition) is 2. The third-order valence-electron chi connectivity index (χ3n) is 6.28. The molecule has 1 aliphatic heterocycles. The van der Waals surface area contributed by atoms with E-state index in [-0.39, 0.29) is 35.5 Å². The van der Waals surface area contributed by atoms with Gasteiger partial charge in [0.15, 0.2) is 0 Å². The van der Waals surface area contributed by atoms with E-state index in [1.54, 1.807) is 20.8 Å². The number of halogens is 10. The molecule has 0 bridgehead atoms. The highest BCUT2D eigenvalue weighted by Crippen LogP contribution is 2.53. The lowest BCUT2D eigenvalue weighted by atomic mass is 9.76. The van der Waals surface area contributed by atoms with Crippen molar-refractivity contribution in [2.45, 2.75) is 69.5 Å². The van der Waals surface area contributed by atoms with Crippen LogP contribution < -0.4 is 10.2 Å². The summed E-state index contributed by atoms with van der Waals surface area (Å²) in [7, 11) is 0. The Hall–Kier alpha value is -2.87. The number of carbonyl (C=O) groups is 1. The Morgan fingerprint density at radius 1 is 1.00 bits per heavy atom. The van der Waals surface area contributed by atoms with E-state index in [1.165, 1.54) is 12.1 Å². The van der Waals surface area contributed by atoms with Crippen LogP contribution in [0, 0.1) is 0 Å². The number of aliphatic hydroxyl groups excluding tert-OH is 1. The van der Waals surface area contributed by atoms with Crippen LogP contribution in [0.5, 0.6) is 0 Å². The lowest BCUT2D eigenvalue weighted by molar-refractivity contribution is -0.211. The van der Waals surface area contributed by atoms with Crippen molar-refractivity contribution in [1.29, 1.82) is 0 Å². The van der Waals surface area contributed by atoms with Crippen molar-refractivity contribution in [3.63, 3.8) is 0 Å². The summed E-state index contributed by atoms with van der Waals surface area (Å²) in [5.41, 5.74) is -9.27. The number of hydrogen-bond acceptors (Lipinski definition) is 4. The second-order valence-corrected chi connectivity index (χ2v) is 10.6. The van der Waals surface area contributed by atoms with Crippen LogP contribution >= 0.6 is 11.6 Å². The first-order valence-electron chi connectivity index (χ1n) is 11.6. The second kappa shape index (κ2) is 10.5. The number of nitrogens with one attached hydrogen (secondary N) is 1. The number of alkyl carbamates (subject to hydrolysis) is 1. The summed E-state index contributed by atoms with van der Waals surface area (Å²) in [6, 6.07) is 3.43. The molecule has 1 heterocycles. The predicted octanol–water partition coefficient (Wildman–Crippen LogP) is 7.43. The Morgan fingerprint density at radius 3 is 2.00 bits per heavy atom. The number of ether oxygens (including phenoxy) is 1. The van der Waals surface area contributed by atoms with Crippen molar-refractivity contribution in [2.75, 3.05) is 11.4 Å². The Labute approximate surface area is 227 Å². The second-order valence-electron chi connectivity index (χ2n) is 10.2. The SMILES string of the molecule is CC(C)(C)OC(=O)NCc1ccc(N2CCC(c3cc(C(F)(F)F)cc(C(F)(F)F)c3)(C(F)(F)F)C2O)cc1Cl. The molecule has 1 aliphatic rings. The van der Waals surface area contributed by atoms with Gasteiger partial charge in [0.1, 0.15) is 17.2 Å². The third kappa shape index (κ3) is 6.54. The molecule has 1 amide bonds. The van der Waals surface area contributed by atoms with Crippen LogP contribution in [0.3, 0.4) is 0 Å². The molecule has 3 rings (SSSR count). The zero-order valence-electron chi connectivity index (χ0n) is 21.2. The molecule has 2 atom stereocenters. The highest BCUT2D eigenvalue weighted by Gasteiger charge is 2.65. The number of aliphatic hydroxyl groups is 1. The van der Waals surface area contributed by atoms with Gasteiger partial charge < -0.3 is 20.1 Å². The lowest BCUT2D eigenvalue weighted by Gasteiger charge is -2.38. The average molecular weight is 607 g/mol. The van der Waals surface area contributed by atoms with Crippen molar-refractivity contribution in [2.24, 2.45) is 0 Å². The number of carbonyl (C=O) groups excluding carboxylic acids is 1. The Kier molecular flexibility index (Phi) is 8.32. The summed E-state index contributed by atoms with van der Waals surface area (Å²) < 4.78 is 129. The molecule has 0 aromatic heterocycles. The minimum Gasteiger partial charge on any atom is -0.444 e. The Bertz CT molecular complexity index is 1220. The molecule has 0 radical (unpaired) electrons. The van der Waals surface area contributed by atoms with E-state index >= 15 is 0 Å². The van der Waals surface area contributed by atoms with Crippen molar-refractivity contribution < 1.29 is 54.2 Å². The Balaban J connectivity index is 1.99. The van der Waals surface area contributed by atoms with Crippen LogP contribution in [-0.2, 0) is 29.0 Å². The fourth-order valence-electron chi connectivity index (χ4n) is 4.38. The summed E-state index contributed by atoms with van der Waals surface area (Å²) in [4.78, 5) is 12.7. The van der Waals surface area contributed by atoms with Gasteiger partial charge in [-0.25, -0.2) is 4.79 Å². The summed E-state index contributed by atoms with van der Waals surface area (Å²) in [6.45, 7) is 4.21. The third-order valence-corrected chi connectivity index (χ3v) is 6.63. The van der Waals surface area contributed by atoms with E-state index in [1.807, 2.05) is 0 Å². The van der Waals surface area contributed by atoms with Gasteiger partial charge in [-0.2, -0.15) is 39.5 Å². The van der Waals surface area contributed by atoms with E-state index in [0.717, 1.165) is 11.0 Å². The number of benzene rings is 2. The first-order valence-corrected chi connectivity index (χ1v) is 12.0. The molecule has 2 N–H and O–H groups in total. The molecule has 15 heteroatoms. The number of nitrogens with zero attached hydrogens (tertiary/aromatic N) is 1. The Morgan fingerprint density at radius 2 is 1.55 bits per heavy atom. The minimum atomic E-state index is -5.45. The van der Waals surface area contributed by atoms with Gasteiger partial charge in [-0.3, -0.25) is 0 Å². The normalized spacial score (nSPS) is 20.6.